The molecule has 4 aromatic rings. The van der Waals surface area contributed by atoms with Crippen molar-refractivity contribution in [3.8, 4) is 11.1 Å². The number of carbonyl (C=O) groups is 2. The van der Waals surface area contributed by atoms with Crippen molar-refractivity contribution in [3.63, 3.8) is 0 Å². The molecule has 1 amide bonds. The predicted octanol–water partition coefficient (Wildman–Crippen LogP) is 3.92. The molecule has 0 aliphatic carbocycles. The third-order valence-corrected chi connectivity index (χ3v) is 5.79. The molecule has 8 heteroatoms. The zero-order valence-electron chi connectivity index (χ0n) is 19.2. The lowest BCUT2D eigenvalue weighted by Gasteiger charge is -2.20. The van der Waals surface area contributed by atoms with Crippen molar-refractivity contribution >= 4 is 23.4 Å². The van der Waals surface area contributed by atoms with Crippen LogP contribution < -0.4 is 16.6 Å². The van der Waals surface area contributed by atoms with Crippen LogP contribution in [-0.4, -0.2) is 27.4 Å². The van der Waals surface area contributed by atoms with Crippen LogP contribution in [0.4, 0.5) is 5.69 Å². The Morgan fingerprint density at radius 1 is 0.889 bits per heavy atom. The molecule has 5 N–H and O–H groups in total. The van der Waals surface area contributed by atoms with Gasteiger partial charge in [-0.2, -0.15) is 0 Å². The molecule has 1 unspecified atom stereocenters. The van der Waals surface area contributed by atoms with Gasteiger partial charge in [0.15, 0.2) is 0 Å². The topological polar surface area (TPSA) is 138 Å². The van der Waals surface area contributed by atoms with Gasteiger partial charge in [0, 0.05) is 29.9 Å². The summed E-state index contributed by atoms with van der Waals surface area (Å²) in [5.41, 5.74) is 8.63. The van der Waals surface area contributed by atoms with E-state index in [2.05, 4.69) is 5.32 Å². The number of aromatic carboxylic acids is 1. The summed E-state index contributed by atoms with van der Waals surface area (Å²) in [7, 11) is 0. The van der Waals surface area contributed by atoms with Crippen LogP contribution in [0.1, 0.15) is 27.5 Å². The number of pyridine rings is 1. The Kier molecular flexibility index (Phi) is 7.06. The second kappa shape index (κ2) is 10.5. The summed E-state index contributed by atoms with van der Waals surface area (Å²) in [6.07, 6.45) is 1.88. The third kappa shape index (κ3) is 5.56. The van der Waals surface area contributed by atoms with E-state index < -0.39 is 17.9 Å². The molecule has 1 aromatic heterocycles. The second-order valence-corrected chi connectivity index (χ2v) is 8.23. The summed E-state index contributed by atoms with van der Waals surface area (Å²) < 4.78 is 1.39. The summed E-state index contributed by atoms with van der Waals surface area (Å²) in [5.74, 6) is -1.50. The number of nitrogens with two attached hydrogens (primary N) is 1. The number of anilines is 1. The van der Waals surface area contributed by atoms with E-state index in [0.717, 1.165) is 11.1 Å². The van der Waals surface area contributed by atoms with Crippen molar-refractivity contribution in [2.45, 2.75) is 12.5 Å². The highest BCUT2D eigenvalue weighted by Crippen LogP contribution is 2.21. The van der Waals surface area contributed by atoms with Crippen LogP contribution in [0, 0.1) is 5.41 Å². The second-order valence-electron chi connectivity index (χ2n) is 8.23. The molecule has 0 spiro atoms. The first kappa shape index (κ1) is 24.2. The third-order valence-electron chi connectivity index (χ3n) is 5.79. The zero-order chi connectivity index (χ0) is 25.7. The number of nitrogens with one attached hydrogen (secondary N) is 2. The molecule has 1 heterocycles. The summed E-state index contributed by atoms with van der Waals surface area (Å²) in [6.45, 7) is 0. The van der Waals surface area contributed by atoms with Crippen LogP contribution in [0.3, 0.4) is 0 Å². The molecule has 0 fully saturated rings. The molecule has 3 aromatic carbocycles. The van der Waals surface area contributed by atoms with E-state index in [-0.39, 0.29) is 23.4 Å². The lowest BCUT2D eigenvalue weighted by Crippen LogP contribution is -2.34. The number of carbonyl (C=O) groups excluding carboxylic acids is 1. The number of amides is 1. The first-order chi connectivity index (χ1) is 17.3. The quantitative estimate of drug-likeness (QED) is 0.224. The molecule has 0 saturated carbocycles. The Labute approximate surface area is 207 Å². The van der Waals surface area contributed by atoms with Crippen molar-refractivity contribution in [1.82, 2.24) is 4.57 Å². The van der Waals surface area contributed by atoms with E-state index >= 15 is 0 Å². The molecule has 0 aliphatic rings. The molecule has 0 radical (unpaired) electrons. The maximum Gasteiger partial charge on any atom is 0.335 e. The fourth-order valence-corrected chi connectivity index (χ4v) is 3.85. The fourth-order valence-electron chi connectivity index (χ4n) is 3.85. The minimum Gasteiger partial charge on any atom is -0.478 e. The van der Waals surface area contributed by atoms with Crippen molar-refractivity contribution in [2.75, 3.05) is 5.32 Å². The molecule has 0 aliphatic heterocycles. The van der Waals surface area contributed by atoms with Crippen molar-refractivity contribution < 1.29 is 14.7 Å². The number of carboxylic acids is 1. The molecule has 36 heavy (non-hydrogen) atoms. The van der Waals surface area contributed by atoms with Gasteiger partial charge in [-0.15, -0.1) is 0 Å². The number of hydrogen-bond donors (Lipinski definition) is 4. The largest absolute Gasteiger partial charge is 0.478 e. The molecule has 8 nitrogen and oxygen atoms in total. The standard InChI is InChI=1S/C28H24N4O4/c29-26(30)20-8-6-19(7-9-20)22-14-15-32(25(33)17-22)24(16-18-4-2-1-3-5-18)27(34)31-23-12-10-21(11-13-23)28(35)36/h1-15,17,24H,16H2,(H3,29,30)(H,31,34)(H,35,36). The van der Waals surface area contributed by atoms with Gasteiger partial charge in [0.2, 0.25) is 5.91 Å². The molecule has 1 atom stereocenters. The Bertz CT molecular complexity index is 1460. The number of amidine groups is 1. The van der Waals surface area contributed by atoms with Crippen LogP contribution in [-0.2, 0) is 11.2 Å². The van der Waals surface area contributed by atoms with Gasteiger partial charge in [-0.05, 0) is 47.0 Å². The number of rotatable bonds is 8. The smallest absolute Gasteiger partial charge is 0.335 e. The van der Waals surface area contributed by atoms with Gasteiger partial charge in [0.1, 0.15) is 11.9 Å². The van der Waals surface area contributed by atoms with Gasteiger partial charge in [-0.25, -0.2) is 4.79 Å². The lowest BCUT2D eigenvalue weighted by atomic mass is 10.0. The number of carboxylic acid groups (broad SMARTS) is 1. The van der Waals surface area contributed by atoms with E-state index in [0.29, 0.717) is 16.8 Å². The fraction of sp³-hybridized carbons (Fsp3) is 0.0714. The van der Waals surface area contributed by atoms with Crippen LogP contribution in [0.15, 0.2) is 102 Å². The molecule has 0 saturated heterocycles. The van der Waals surface area contributed by atoms with Gasteiger partial charge < -0.3 is 20.7 Å². The normalized spacial score (nSPS) is 11.4. The van der Waals surface area contributed by atoms with Crippen molar-refractivity contribution in [1.29, 1.82) is 5.41 Å². The highest BCUT2D eigenvalue weighted by Gasteiger charge is 2.22. The van der Waals surface area contributed by atoms with E-state index in [1.54, 1.807) is 36.5 Å². The number of nitrogens with zero attached hydrogens (tertiary/aromatic N) is 1. The van der Waals surface area contributed by atoms with Crippen molar-refractivity contribution in [2.24, 2.45) is 5.73 Å². The van der Waals surface area contributed by atoms with Gasteiger partial charge in [0.25, 0.3) is 5.56 Å². The van der Waals surface area contributed by atoms with Gasteiger partial charge in [-0.3, -0.25) is 15.0 Å². The minimum absolute atomic E-state index is 0.0377. The van der Waals surface area contributed by atoms with Gasteiger partial charge in [0.05, 0.1) is 5.56 Å². The molecule has 0 bridgehead atoms. The summed E-state index contributed by atoms with van der Waals surface area (Å²) >= 11 is 0. The highest BCUT2D eigenvalue weighted by atomic mass is 16.4. The number of aromatic nitrogens is 1. The van der Waals surface area contributed by atoms with E-state index in [9.17, 15) is 14.4 Å². The zero-order valence-corrected chi connectivity index (χ0v) is 19.2. The lowest BCUT2D eigenvalue weighted by molar-refractivity contribution is -0.119. The van der Waals surface area contributed by atoms with E-state index in [4.69, 9.17) is 16.2 Å². The molecular weight excluding hydrogens is 456 g/mol. The van der Waals surface area contributed by atoms with Crippen LogP contribution in [0.2, 0.25) is 0 Å². The average Bonchev–Trinajstić information content (AvgIpc) is 2.88. The summed E-state index contributed by atoms with van der Waals surface area (Å²) in [4.78, 5) is 37.6. The minimum atomic E-state index is -1.06. The maximum absolute atomic E-state index is 13.3. The predicted molar refractivity (Wildman–Crippen MR) is 138 cm³/mol. The summed E-state index contributed by atoms with van der Waals surface area (Å²) in [5, 5.41) is 19.4. The van der Waals surface area contributed by atoms with Crippen LogP contribution in [0.5, 0.6) is 0 Å². The average molecular weight is 481 g/mol. The van der Waals surface area contributed by atoms with Gasteiger partial charge >= 0.3 is 5.97 Å². The Balaban J connectivity index is 1.64. The Morgan fingerprint density at radius 2 is 1.53 bits per heavy atom. The monoisotopic (exact) mass is 480 g/mol. The van der Waals surface area contributed by atoms with Gasteiger partial charge in [-0.1, -0.05) is 54.6 Å². The molecule has 180 valence electrons. The SMILES string of the molecule is N=C(N)c1ccc(-c2ccn(C(Cc3ccccc3)C(=O)Nc3ccc(C(=O)O)cc3)c(=O)c2)cc1. The van der Waals surface area contributed by atoms with E-state index in [1.165, 1.54) is 34.9 Å². The van der Waals surface area contributed by atoms with Crippen molar-refractivity contribution in [3.05, 3.63) is 124 Å². The first-order valence-electron chi connectivity index (χ1n) is 11.2. The van der Waals surface area contributed by atoms with Crippen LogP contribution in [0.25, 0.3) is 11.1 Å². The maximum atomic E-state index is 13.3. The molecular formula is C28H24N4O4. The Morgan fingerprint density at radius 3 is 2.11 bits per heavy atom. The first-order valence-corrected chi connectivity index (χ1v) is 11.2. The molecule has 4 rings (SSSR count). The van der Waals surface area contributed by atoms with E-state index in [1.807, 2.05) is 30.3 Å². The highest BCUT2D eigenvalue weighted by molar-refractivity contribution is 5.96. The number of nitrogen functional groups attached to an aromatic ring is 1. The number of benzene rings is 3. The Hall–Kier alpha value is -4.98. The van der Waals surface area contributed by atoms with Crippen LogP contribution >= 0.6 is 0 Å². The summed E-state index contributed by atoms with van der Waals surface area (Å²) in [6, 6.07) is 24.6. The number of hydrogen-bond acceptors (Lipinski definition) is 4.